The first kappa shape index (κ1) is 22.1. The van der Waals surface area contributed by atoms with Crippen molar-refractivity contribution in [1.82, 2.24) is 25.3 Å². The summed E-state index contributed by atoms with van der Waals surface area (Å²) in [6.07, 6.45) is 0.176. The van der Waals surface area contributed by atoms with Gasteiger partial charge in [0, 0.05) is 25.8 Å². The Kier molecular flexibility index (Phi) is 6.43. The van der Waals surface area contributed by atoms with Crippen LogP contribution in [0.15, 0.2) is 48.7 Å². The number of aromatic nitrogens is 4. The van der Waals surface area contributed by atoms with Crippen LogP contribution in [0.25, 0.3) is 21.8 Å². The Labute approximate surface area is 189 Å². The predicted octanol–water partition coefficient (Wildman–Crippen LogP) is 0.180. The summed E-state index contributed by atoms with van der Waals surface area (Å²) in [7, 11) is 0. The number of hydrogen-bond donors (Lipinski definition) is 5. The first-order chi connectivity index (χ1) is 16.0. The highest BCUT2D eigenvalue weighted by atomic mass is 16.3. The molecule has 4 aromatic rings. The van der Waals surface area contributed by atoms with Crippen LogP contribution in [-0.2, 0) is 11.3 Å². The quantitative estimate of drug-likeness (QED) is 0.250. The molecular weight excluding hydrogens is 422 g/mol. The number of nitrogens with one attached hydrogen (secondary N) is 1. The van der Waals surface area contributed by atoms with Crippen LogP contribution in [0, 0.1) is 0 Å². The second-order valence-electron chi connectivity index (χ2n) is 7.49. The molecule has 0 bridgehead atoms. The number of nitrogens with two attached hydrogens (primary N) is 3. The van der Waals surface area contributed by atoms with Crippen molar-refractivity contribution in [2.24, 2.45) is 5.73 Å². The van der Waals surface area contributed by atoms with E-state index in [1.807, 2.05) is 42.5 Å². The number of aliphatic hydroxyl groups excluding tert-OH is 1. The van der Waals surface area contributed by atoms with Gasteiger partial charge in [0.2, 0.25) is 11.9 Å². The van der Waals surface area contributed by atoms with Crippen molar-refractivity contribution >= 4 is 45.4 Å². The van der Waals surface area contributed by atoms with Crippen LogP contribution in [-0.4, -0.2) is 56.7 Å². The Morgan fingerprint density at radius 3 is 2.67 bits per heavy atom. The van der Waals surface area contributed by atoms with E-state index in [9.17, 15) is 9.90 Å². The standard InChI is InChI=1S/C22H25N9O2/c23-8-9-26-20(33)17(32)12-31(11-14-6-3-5-13-4-1-2-7-15(13)14)22-27-10-16-18(24)28-21(25)29-19(16)30-22/h1-7,10,17,32H,8-9,11-12,23H2,(H,26,33)(H4,24,25,27,28,29,30). The third-order valence-corrected chi connectivity index (χ3v) is 5.15. The van der Waals surface area contributed by atoms with E-state index >= 15 is 0 Å². The molecule has 1 unspecified atom stereocenters. The molecule has 2 aromatic carbocycles. The molecule has 0 radical (unpaired) electrons. The predicted molar refractivity (Wildman–Crippen MR) is 127 cm³/mol. The van der Waals surface area contributed by atoms with Gasteiger partial charge in [-0.15, -0.1) is 0 Å². The number of carbonyl (C=O) groups is 1. The van der Waals surface area contributed by atoms with Crippen LogP contribution in [0.4, 0.5) is 17.7 Å². The Bertz CT molecular complexity index is 1290. The SMILES string of the molecule is NCCNC(=O)C(O)CN(Cc1cccc2ccccc12)c1ncc2c(N)nc(N)nc2n1. The molecule has 1 atom stereocenters. The average Bonchev–Trinajstić information content (AvgIpc) is 2.81. The summed E-state index contributed by atoms with van der Waals surface area (Å²) in [6, 6.07) is 13.9. The molecule has 0 aliphatic carbocycles. The molecule has 0 aliphatic rings. The highest BCUT2D eigenvalue weighted by molar-refractivity contribution is 5.87. The summed E-state index contributed by atoms with van der Waals surface area (Å²) in [5, 5.41) is 15.7. The van der Waals surface area contributed by atoms with Crippen LogP contribution < -0.4 is 27.4 Å². The molecule has 33 heavy (non-hydrogen) atoms. The third kappa shape index (κ3) is 4.89. The maximum absolute atomic E-state index is 12.3. The molecule has 2 heterocycles. The largest absolute Gasteiger partial charge is 0.383 e. The Hall–Kier alpha value is -4.09. The normalized spacial score (nSPS) is 12.1. The van der Waals surface area contributed by atoms with Gasteiger partial charge in [-0.3, -0.25) is 4.79 Å². The minimum absolute atomic E-state index is 0.00792. The highest BCUT2D eigenvalue weighted by Gasteiger charge is 2.22. The highest BCUT2D eigenvalue weighted by Crippen LogP contribution is 2.24. The number of nitrogens with zero attached hydrogens (tertiary/aromatic N) is 5. The molecule has 8 N–H and O–H groups in total. The zero-order valence-electron chi connectivity index (χ0n) is 17.8. The van der Waals surface area contributed by atoms with Crippen LogP contribution in [0.5, 0.6) is 0 Å². The molecule has 170 valence electrons. The molecule has 0 aliphatic heterocycles. The maximum Gasteiger partial charge on any atom is 0.250 e. The van der Waals surface area contributed by atoms with Crippen molar-refractivity contribution in [3.05, 3.63) is 54.2 Å². The zero-order chi connectivity index (χ0) is 23.4. The minimum atomic E-state index is -1.33. The Morgan fingerprint density at radius 2 is 1.85 bits per heavy atom. The van der Waals surface area contributed by atoms with Gasteiger partial charge < -0.3 is 32.5 Å². The molecule has 0 fully saturated rings. The zero-order valence-corrected chi connectivity index (χ0v) is 17.8. The van der Waals surface area contributed by atoms with E-state index in [-0.39, 0.29) is 43.0 Å². The third-order valence-electron chi connectivity index (χ3n) is 5.15. The second kappa shape index (κ2) is 9.59. The lowest BCUT2D eigenvalue weighted by Crippen LogP contribution is -2.44. The van der Waals surface area contributed by atoms with Gasteiger partial charge in [0.15, 0.2) is 5.65 Å². The van der Waals surface area contributed by atoms with Crippen LogP contribution in [0.2, 0.25) is 0 Å². The lowest BCUT2D eigenvalue weighted by molar-refractivity contribution is -0.128. The van der Waals surface area contributed by atoms with Gasteiger partial charge in [-0.25, -0.2) is 4.98 Å². The van der Waals surface area contributed by atoms with Crippen molar-refractivity contribution < 1.29 is 9.90 Å². The fraction of sp³-hybridized carbons (Fsp3) is 0.227. The van der Waals surface area contributed by atoms with E-state index in [4.69, 9.17) is 17.2 Å². The van der Waals surface area contributed by atoms with E-state index in [0.717, 1.165) is 16.3 Å². The summed E-state index contributed by atoms with van der Waals surface area (Å²) in [5.41, 5.74) is 18.3. The topological polar surface area (TPSA) is 182 Å². The van der Waals surface area contributed by atoms with E-state index in [1.165, 1.54) is 6.20 Å². The maximum atomic E-state index is 12.3. The number of rotatable bonds is 8. The van der Waals surface area contributed by atoms with E-state index in [2.05, 4.69) is 25.3 Å². The summed E-state index contributed by atoms with van der Waals surface area (Å²) in [4.78, 5) is 31.0. The molecule has 0 spiro atoms. The number of anilines is 3. The number of benzene rings is 2. The van der Waals surface area contributed by atoms with E-state index < -0.39 is 12.0 Å². The molecule has 11 nitrogen and oxygen atoms in total. The Balaban J connectivity index is 1.72. The van der Waals surface area contributed by atoms with Crippen LogP contribution in [0.3, 0.4) is 0 Å². The van der Waals surface area contributed by atoms with Gasteiger partial charge in [-0.2, -0.15) is 15.0 Å². The van der Waals surface area contributed by atoms with Gasteiger partial charge in [-0.05, 0) is 16.3 Å². The summed E-state index contributed by atoms with van der Waals surface area (Å²) < 4.78 is 0. The van der Waals surface area contributed by atoms with Crippen molar-refractivity contribution in [3.63, 3.8) is 0 Å². The van der Waals surface area contributed by atoms with Crippen molar-refractivity contribution in [2.45, 2.75) is 12.6 Å². The second-order valence-corrected chi connectivity index (χ2v) is 7.49. The molecule has 0 saturated heterocycles. The van der Waals surface area contributed by atoms with Crippen LogP contribution >= 0.6 is 0 Å². The fourth-order valence-electron chi connectivity index (χ4n) is 3.56. The fourth-order valence-corrected chi connectivity index (χ4v) is 3.56. The van der Waals surface area contributed by atoms with Gasteiger partial charge >= 0.3 is 0 Å². The number of nitrogen functional groups attached to an aromatic ring is 2. The smallest absolute Gasteiger partial charge is 0.250 e. The Morgan fingerprint density at radius 1 is 1.06 bits per heavy atom. The van der Waals surface area contributed by atoms with Crippen LogP contribution in [0.1, 0.15) is 5.56 Å². The van der Waals surface area contributed by atoms with E-state index in [0.29, 0.717) is 11.9 Å². The lowest BCUT2D eigenvalue weighted by atomic mass is 10.0. The summed E-state index contributed by atoms with van der Waals surface area (Å²) in [6.45, 7) is 0.820. The number of hydrogen-bond acceptors (Lipinski definition) is 10. The number of amides is 1. The first-order valence-electron chi connectivity index (χ1n) is 10.4. The van der Waals surface area contributed by atoms with Gasteiger partial charge in [0.05, 0.1) is 11.9 Å². The van der Waals surface area contributed by atoms with Crippen molar-refractivity contribution in [3.8, 4) is 0 Å². The molecule has 0 saturated carbocycles. The number of carbonyl (C=O) groups excluding carboxylic acids is 1. The van der Waals surface area contributed by atoms with E-state index in [1.54, 1.807) is 4.90 Å². The summed E-state index contributed by atoms with van der Waals surface area (Å²) in [5.74, 6) is -0.101. The molecular formula is C22H25N9O2. The minimum Gasteiger partial charge on any atom is -0.383 e. The number of fused-ring (bicyclic) bond motifs is 2. The first-order valence-corrected chi connectivity index (χ1v) is 10.4. The molecule has 4 rings (SSSR count). The van der Waals surface area contributed by atoms with Gasteiger partial charge in [-0.1, -0.05) is 42.5 Å². The molecule has 11 heteroatoms. The molecule has 1 amide bonds. The average molecular weight is 448 g/mol. The molecule has 2 aromatic heterocycles. The van der Waals surface area contributed by atoms with Crippen molar-refractivity contribution in [2.75, 3.05) is 36.0 Å². The van der Waals surface area contributed by atoms with Gasteiger partial charge in [0.25, 0.3) is 5.91 Å². The summed E-state index contributed by atoms with van der Waals surface area (Å²) >= 11 is 0. The van der Waals surface area contributed by atoms with Gasteiger partial charge in [0.1, 0.15) is 11.9 Å². The van der Waals surface area contributed by atoms with Crippen molar-refractivity contribution in [1.29, 1.82) is 0 Å². The monoisotopic (exact) mass is 447 g/mol. The lowest BCUT2D eigenvalue weighted by Gasteiger charge is -2.25. The number of aliphatic hydroxyl groups is 1.